The highest BCUT2D eigenvalue weighted by Gasteiger charge is 2.15. The van der Waals surface area contributed by atoms with Crippen molar-refractivity contribution in [3.05, 3.63) is 29.3 Å². The van der Waals surface area contributed by atoms with E-state index in [1.807, 2.05) is 0 Å². The van der Waals surface area contributed by atoms with Crippen molar-refractivity contribution in [2.75, 3.05) is 0 Å². The van der Waals surface area contributed by atoms with E-state index in [1.54, 1.807) is 0 Å². The number of carboxylic acids is 1. The fraction of sp³-hybridized carbons (Fsp3) is 0.125. The third kappa shape index (κ3) is 2.52. The van der Waals surface area contributed by atoms with E-state index in [0.717, 1.165) is 12.1 Å². The highest BCUT2D eigenvalue weighted by molar-refractivity contribution is 7.89. The number of aliphatic hydroxyl groups excluding tert-OH is 1. The number of primary sulfonamides is 1. The Bertz CT molecular complexity index is 494. The minimum Gasteiger partial charge on any atom is -0.478 e. The van der Waals surface area contributed by atoms with E-state index in [9.17, 15) is 13.2 Å². The summed E-state index contributed by atoms with van der Waals surface area (Å²) in [7, 11) is -3.93. The molecule has 1 aromatic carbocycles. The number of hydrogen-bond acceptors (Lipinski definition) is 4. The molecule has 15 heavy (non-hydrogen) atoms. The Kier molecular flexibility index (Phi) is 3.08. The number of aromatic carboxylic acids is 1. The maximum absolute atomic E-state index is 10.9. The molecule has 0 aliphatic heterocycles. The molecule has 0 atom stereocenters. The number of aliphatic hydroxyl groups is 1. The van der Waals surface area contributed by atoms with Gasteiger partial charge in [-0.25, -0.2) is 18.4 Å². The summed E-state index contributed by atoms with van der Waals surface area (Å²) in [6, 6.07) is 3.28. The lowest BCUT2D eigenvalue weighted by molar-refractivity contribution is 0.0693. The summed E-state index contributed by atoms with van der Waals surface area (Å²) in [5, 5.41) is 22.4. The van der Waals surface area contributed by atoms with Crippen molar-refractivity contribution in [1.29, 1.82) is 0 Å². The Morgan fingerprint density at radius 3 is 2.40 bits per heavy atom. The molecule has 0 saturated carbocycles. The predicted molar refractivity (Wildman–Crippen MR) is 50.7 cm³/mol. The van der Waals surface area contributed by atoms with E-state index in [0.29, 0.717) is 0 Å². The number of benzene rings is 1. The van der Waals surface area contributed by atoms with Crippen molar-refractivity contribution in [1.82, 2.24) is 0 Å². The first-order valence-corrected chi connectivity index (χ1v) is 5.41. The summed E-state index contributed by atoms with van der Waals surface area (Å²) in [6.45, 7) is -0.480. The van der Waals surface area contributed by atoms with Gasteiger partial charge in [0, 0.05) is 0 Å². The lowest BCUT2D eigenvalue weighted by Gasteiger charge is -2.04. The lowest BCUT2D eigenvalue weighted by Crippen LogP contribution is -2.14. The second kappa shape index (κ2) is 3.97. The van der Waals surface area contributed by atoms with Crippen LogP contribution in [0.4, 0.5) is 0 Å². The second-order valence-electron chi connectivity index (χ2n) is 2.83. The van der Waals surface area contributed by atoms with Crippen molar-refractivity contribution >= 4 is 16.0 Å². The van der Waals surface area contributed by atoms with Crippen LogP contribution in [0.1, 0.15) is 15.9 Å². The Morgan fingerprint density at radius 2 is 2.00 bits per heavy atom. The number of carbonyl (C=O) groups is 1. The average Bonchev–Trinajstić information content (AvgIpc) is 2.15. The van der Waals surface area contributed by atoms with Crippen LogP contribution in [0.25, 0.3) is 0 Å². The Hall–Kier alpha value is -1.44. The van der Waals surface area contributed by atoms with Crippen LogP contribution in [0.3, 0.4) is 0 Å². The largest absolute Gasteiger partial charge is 0.478 e. The van der Waals surface area contributed by atoms with Gasteiger partial charge in [-0.3, -0.25) is 0 Å². The third-order valence-electron chi connectivity index (χ3n) is 1.81. The van der Waals surface area contributed by atoms with Gasteiger partial charge in [0.05, 0.1) is 17.1 Å². The molecule has 0 aliphatic rings. The zero-order chi connectivity index (χ0) is 11.6. The fourth-order valence-corrected chi connectivity index (χ4v) is 1.61. The summed E-state index contributed by atoms with van der Waals surface area (Å²) in [4.78, 5) is 10.4. The number of hydrogen-bond donors (Lipinski definition) is 3. The molecule has 0 aliphatic carbocycles. The van der Waals surface area contributed by atoms with Gasteiger partial charge >= 0.3 is 5.97 Å². The zero-order valence-corrected chi connectivity index (χ0v) is 8.36. The summed E-state index contributed by atoms with van der Waals surface area (Å²) in [5.41, 5.74) is -0.140. The van der Waals surface area contributed by atoms with E-state index in [4.69, 9.17) is 15.4 Å². The molecule has 0 bridgehead atoms. The van der Waals surface area contributed by atoms with Crippen molar-refractivity contribution in [3.63, 3.8) is 0 Å². The molecule has 0 spiro atoms. The molecule has 0 amide bonds. The minimum absolute atomic E-state index is 0.134. The Labute approximate surface area is 86.0 Å². The van der Waals surface area contributed by atoms with Crippen molar-refractivity contribution in [2.45, 2.75) is 11.5 Å². The van der Waals surface area contributed by atoms with Gasteiger partial charge in [0.25, 0.3) is 0 Å². The van der Waals surface area contributed by atoms with E-state index in [-0.39, 0.29) is 16.0 Å². The first-order chi connectivity index (χ1) is 6.86. The molecule has 1 rings (SSSR count). The molecule has 0 heterocycles. The van der Waals surface area contributed by atoms with Gasteiger partial charge in [0.1, 0.15) is 0 Å². The van der Waals surface area contributed by atoms with Crippen LogP contribution in [-0.4, -0.2) is 24.6 Å². The average molecular weight is 231 g/mol. The van der Waals surface area contributed by atoms with Crippen LogP contribution in [0.2, 0.25) is 0 Å². The first kappa shape index (κ1) is 11.6. The van der Waals surface area contributed by atoms with Crippen LogP contribution >= 0.6 is 0 Å². The number of nitrogens with two attached hydrogens (primary N) is 1. The van der Waals surface area contributed by atoms with Gasteiger partial charge in [-0.1, -0.05) is 6.07 Å². The van der Waals surface area contributed by atoms with Crippen LogP contribution in [0.5, 0.6) is 0 Å². The quantitative estimate of drug-likeness (QED) is 0.649. The van der Waals surface area contributed by atoms with Gasteiger partial charge in [0.2, 0.25) is 10.0 Å². The monoisotopic (exact) mass is 231 g/mol. The highest BCUT2D eigenvalue weighted by Crippen LogP contribution is 2.15. The Balaban J connectivity index is 3.42. The van der Waals surface area contributed by atoms with Gasteiger partial charge in [-0.2, -0.15) is 0 Å². The highest BCUT2D eigenvalue weighted by atomic mass is 32.2. The Morgan fingerprint density at radius 1 is 1.40 bits per heavy atom. The lowest BCUT2D eigenvalue weighted by atomic mass is 10.1. The minimum atomic E-state index is -3.93. The maximum Gasteiger partial charge on any atom is 0.336 e. The SMILES string of the molecule is NS(=O)(=O)c1ccc(CO)c(C(=O)O)c1. The standard InChI is InChI=1S/C8H9NO5S/c9-15(13,14)6-2-1-5(4-10)7(3-6)8(11)12/h1-3,10H,4H2,(H,11,12)(H2,9,13,14). The first-order valence-electron chi connectivity index (χ1n) is 3.86. The van der Waals surface area contributed by atoms with Crippen molar-refractivity contribution in [2.24, 2.45) is 5.14 Å². The molecule has 1 aromatic rings. The fourth-order valence-electron chi connectivity index (χ4n) is 1.07. The van der Waals surface area contributed by atoms with Crippen LogP contribution in [0.15, 0.2) is 23.1 Å². The molecule has 4 N–H and O–H groups in total. The normalized spacial score (nSPS) is 11.3. The van der Waals surface area contributed by atoms with Gasteiger partial charge in [-0.15, -0.1) is 0 Å². The molecule has 7 heteroatoms. The van der Waals surface area contributed by atoms with Gasteiger partial charge in [-0.05, 0) is 17.7 Å². The van der Waals surface area contributed by atoms with E-state index in [1.165, 1.54) is 6.07 Å². The number of carboxylic acid groups (broad SMARTS) is 1. The molecule has 6 nitrogen and oxygen atoms in total. The predicted octanol–water partition coefficient (Wildman–Crippen LogP) is -0.475. The van der Waals surface area contributed by atoms with E-state index < -0.39 is 22.6 Å². The molecule has 0 fully saturated rings. The number of rotatable bonds is 3. The van der Waals surface area contributed by atoms with Crippen molar-refractivity contribution in [3.8, 4) is 0 Å². The third-order valence-corrected chi connectivity index (χ3v) is 2.72. The van der Waals surface area contributed by atoms with E-state index in [2.05, 4.69) is 0 Å². The topological polar surface area (TPSA) is 118 Å². The van der Waals surface area contributed by atoms with Crippen LogP contribution in [-0.2, 0) is 16.6 Å². The molecule has 0 saturated heterocycles. The van der Waals surface area contributed by atoms with Crippen molar-refractivity contribution < 1.29 is 23.4 Å². The molecular formula is C8H9NO5S. The summed E-state index contributed by atoms with van der Waals surface area (Å²) in [6.07, 6.45) is 0. The summed E-state index contributed by atoms with van der Waals surface area (Å²) >= 11 is 0. The zero-order valence-electron chi connectivity index (χ0n) is 7.54. The summed E-state index contributed by atoms with van der Waals surface area (Å²) < 4.78 is 21.9. The molecular weight excluding hydrogens is 222 g/mol. The smallest absolute Gasteiger partial charge is 0.336 e. The summed E-state index contributed by atoms with van der Waals surface area (Å²) in [5.74, 6) is -1.32. The molecule has 0 aromatic heterocycles. The van der Waals surface area contributed by atoms with Gasteiger partial charge in [0.15, 0.2) is 0 Å². The molecule has 0 radical (unpaired) electrons. The van der Waals surface area contributed by atoms with E-state index >= 15 is 0 Å². The second-order valence-corrected chi connectivity index (χ2v) is 4.39. The van der Waals surface area contributed by atoms with Gasteiger partial charge < -0.3 is 10.2 Å². The molecule has 0 unspecified atom stereocenters. The van der Waals surface area contributed by atoms with Crippen LogP contribution < -0.4 is 5.14 Å². The molecule has 82 valence electrons. The van der Waals surface area contributed by atoms with Crippen LogP contribution in [0, 0.1) is 0 Å². The number of sulfonamides is 1. The maximum atomic E-state index is 10.9.